The first-order valence-corrected chi connectivity index (χ1v) is 5.95. The Balaban J connectivity index is 2.51. The van der Waals surface area contributed by atoms with Crippen LogP contribution in [0.25, 0.3) is 0 Å². The molecule has 88 valence electrons. The Labute approximate surface area is 107 Å². The van der Waals surface area contributed by atoms with Crippen molar-refractivity contribution in [3.8, 4) is 0 Å². The molecule has 3 heteroatoms. The number of aryl methyl sites for hydroxylation is 1. The monoisotopic (exact) mass is 246 g/mol. The molecule has 0 atom stereocenters. The van der Waals surface area contributed by atoms with E-state index in [2.05, 4.69) is 35.9 Å². The van der Waals surface area contributed by atoms with Crippen LogP contribution in [0.2, 0.25) is 5.15 Å². The first kappa shape index (κ1) is 12.1. The number of benzene rings is 1. The second-order valence-electron chi connectivity index (χ2n) is 4.65. The Morgan fingerprint density at radius 3 is 2.29 bits per heavy atom. The number of hydrogen-bond acceptors (Lipinski definition) is 2. The molecule has 0 saturated carbocycles. The first-order valence-electron chi connectivity index (χ1n) is 5.57. The van der Waals surface area contributed by atoms with Crippen molar-refractivity contribution in [1.29, 1.82) is 0 Å². The summed E-state index contributed by atoms with van der Waals surface area (Å²) in [4.78, 5) is 8.82. The summed E-state index contributed by atoms with van der Waals surface area (Å²) in [5.74, 6) is 0.758. The molecule has 2 nitrogen and oxygen atoms in total. The third kappa shape index (κ3) is 2.47. The topological polar surface area (TPSA) is 25.8 Å². The van der Waals surface area contributed by atoms with Crippen LogP contribution in [-0.2, 0) is 5.41 Å². The van der Waals surface area contributed by atoms with Crippen LogP contribution in [0, 0.1) is 6.92 Å². The lowest BCUT2D eigenvalue weighted by Crippen LogP contribution is -2.22. The molecular formula is C14H15ClN2. The maximum Gasteiger partial charge on any atom is 0.140 e. The summed E-state index contributed by atoms with van der Waals surface area (Å²) >= 11 is 5.99. The molecule has 2 rings (SSSR count). The van der Waals surface area contributed by atoms with Crippen LogP contribution in [0.4, 0.5) is 0 Å². The van der Waals surface area contributed by atoms with Gasteiger partial charge in [-0.15, -0.1) is 0 Å². The third-order valence-electron chi connectivity index (χ3n) is 2.88. The standard InChI is InChI=1S/C14H15ClN2/c1-10-9-12(15)17-13(16-10)14(2,3)11-7-5-4-6-8-11/h4-9H,1-3H3. The molecule has 0 unspecified atom stereocenters. The lowest BCUT2D eigenvalue weighted by atomic mass is 9.84. The van der Waals surface area contributed by atoms with Crippen molar-refractivity contribution in [3.63, 3.8) is 0 Å². The fourth-order valence-electron chi connectivity index (χ4n) is 1.79. The van der Waals surface area contributed by atoms with Gasteiger partial charge in [-0.25, -0.2) is 9.97 Å². The van der Waals surface area contributed by atoms with Crippen LogP contribution in [0.3, 0.4) is 0 Å². The van der Waals surface area contributed by atoms with Crippen LogP contribution >= 0.6 is 11.6 Å². The molecule has 0 spiro atoms. The maximum atomic E-state index is 5.99. The van der Waals surface area contributed by atoms with Crippen molar-refractivity contribution < 1.29 is 0 Å². The zero-order valence-electron chi connectivity index (χ0n) is 10.2. The Morgan fingerprint density at radius 1 is 1.06 bits per heavy atom. The van der Waals surface area contributed by atoms with Gasteiger partial charge >= 0.3 is 0 Å². The van der Waals surface area contributed by atoms with E-state index >= 15 is 0 Å². The SMILES string of the molecule is Cc1cc(Cl)nc(C(C)(C)c2ccccc2)n1. The van der Waals surface area contributed by atoms with Gasteiger partial charge < -0.3 is 0 Å². The normalized spacial score (nSPS) is 11.5. The highest BCUT2D eigenvalue weighted by Gasteiger charge is 2.26. The molecule has 0 aliphatic carbocycles. The lowest BCUT2D eigenvalue weighted by molar-refractivity contribution is 0.587. The Morgan fingerprint density at radius 2 is 1.71 bits per heavy atom. The number of nitrogens with zero attached hydrogens (tertiary/aromatic N) is 2. The van der Waals surface area contributed by atoms with E-state index in [9.17, 15) is 0 Å². The zero-order chi connectivity index (χ0) is 12.5. The fraction of sp³-hybridized carbons (Fsp3) is 0.286. The molecule has 0 amide bonds. The van der Waals surface area contributed by atoms with Gasteiger partial charge in [0.2, 0.25) is 0 Å². The smallest absolute Gasteiger partial charge is 0.140 e. The molecular weight excluding hydrogens is 232 g/mol. The van der Waals surface area contributed by atoms with E-state index in [0.29, 0.717) is 5.15 Å². The molecule has 0 radical (unpaired) electrons. The summed E-state index contributed by atoms with van der Waals surface area (Å²) in [6.45, 7) is 6.14. The van der Waals surface area contributed by atoms with Crippen molar-refractivity contribution in [2.24, 2.45) is 0 Å². The molecule has 0 bridgehead atoms. The van der Waals surface area contributed by atoms with Crippen molar-refractivity contribution in [3.05, 3.63) is 58.6 Å². The fourth-order valence-corrected chi connectivity index (χ4v) is 2.03. The van der Waals surface area contributed by atoms with Gasteiger partial charge in [-0.1, -0.05) is 41.9 Å². The highest BCUT2D eigenvalue weighted by Crippen LogP contribution is 2.29. The van der Waals surface area contributed by atoms with Crippen LogP contribution < -0.4 is 0 Å². The summed E-state index contributed by atoms with van der Waals surface area (Å²) in [6, 6.07) is 12.0. The number of halogens is 1. The van der Waals surface area contributed by atoms with Crippen molar-refractivity contribution in [2.75, 3.05) is 0 Å². The van der Waals surface area contributed by atoms with E-state index in [1.807, 2.05) is 25.1 Å². The van der Waals surface area contributed by atoms with E-state index in [0.717, 1.165) is 11.5 Å². The average Bonchev–Trinajstić information content (AvgIpc) is 2.29. The van der Waals surface area contributed by atoms with E-state index in [1.54, 1.807) is 6.07 Å². The van der Waals surface area contributed by atoms with Gasteiger partial charge in [0.1, 0.15) is 11.0 Å². The summed E-state index contributed by atoms with van der Waals surface area (Å²) in [5, 5.41) is 0.497. The van der Waals surface area contributed by atoms with Crippen LogP contribution in [-0.4, -0.2) is 9.97 Å². The van der Waals surface area contributed by atoms with Gasteiger partial charge in [-0.3, -0.25) is 0 Å². The lowest BCUT2D eigenvalue weighted by Gasteiger charge is -2.23. The van der Waals surface area contributed by atoms with Gasteiger partial charge in [0, 0.05) is 11.1 Å². The van der Waals surface area contributed by atoms with Crippen LogP contribution in [0.1, 0.15) is 30.9 Å². The minimum absolute atomic E-state index is 0.239. The molecule has 0 N–H and O–H groups in total. The van der Waals surface area contributed by atoms with E-state index in [-0.39, 0.29) is 5.41 Å². The second-order valence-corrected chi connectivity index (χ2v) is 5.03. The van der Waals surface area contributed by atoms with Gasteiger partial charge in [-0.05, 0) is 32.4 Å². The Bertz CT molecular complexity index is 501. The van der Waals surface area contributed by atoms with Gasteiger partial charge in [0.05, 0.1) is 0 Å². The van der Waals surface area contributed by atoms with E-state index in [1.165, 1.54) is 5.56 Å². The quantitative estimate of drug-likeness (QED) is 0.754. The molecule has 1 aromatic heterocycles. The predicted molar refractivity (Wildman–Crippen MR) is 70.3 cm³/mol. The van der Waals surface area contributed by atoms with Gasteiger partial charge in [-0.2, -0.15) is 0 Å². The third-order valence-corrected chi connectivity index (χ3v) is 3.07. The van der Waals surface area contributed by atoms with E-state index in [4.69, 9.17) is 11.6 Å². The van der Waals surface area contributed by atoms with Crippen molar-refractivity contribution in [1.82, 2.24) is 9.97 Å². The average molecular weight is 247 g/mol. The summed E-state index contributed by atoms with van der Waals surface area (Å²) in [6.07, 6.45) is 0. The molecule has 1 aromatic carbocycles. The summed E-state index contributed by atoms with van der Waals surface area (Å²) < 4.78 is 0. The highest BCUT2D eigenvalue weighted by molar-refractivity contribution is 6.29. The van der Waals surface area contributed by atoms with Crippen molar-refractivity contribution >= 4 is 11.6 Å². The second kappa shape index (κ2) is 4.46. The zero-order valence-corrected chi connectivity index (χ0v) is 11.0. The number of hydrogen-bond donors (Lipinski definition) is 0. The molecule has 1 heterocycles. The minimum atomic E-state index is -0.239. The summed E-state index contributed by atoms with van der Waals surface area (Å²) in [5.41, 5.74) is 1.84. The summed E-state index contributed by atoms with van der Waals surface area (Å²) in [7, 11) is 0. The highest BCUT2D eigenvalue weighted by atomic mass is 35.5. The molecule has 2 aromatic rings. The molecule has 0 aliphatic heterocycles. The Kier molecular flexibility index (Phi) is 3.16. The number of aromatic nitrogens is 2. The molecule has 0 aliphatic rings. The van der Waals surface area contributed by atoms with Crippen LogP contribution in [0.15, 0.2) is 36.4 Å². The molecule has 17 heavy (non-hydrogen) atoms. The van der Waals surface area contributed by atoms with Crippen molar-refractivity contribution in [2.45, 2.75) is 26.2 Å². The maximum absolute atomic E-state index is 5.99. The largest absolute Gasteiger partial charge is 0.237 e. The van der Waals surface area contributed by atoms with Gasteiger partial charge in [0.15, 0.2) is 0 Å². The number of rotatable bonds is 2. The predicted octanol–water partition coefficient (Wildman–Crippen LogP) is 3.76. The molecule has 0 saturated heterocycles. The van der Waals surface area contributed by atoms with Gasteiger partial charge in [0.25, 0.3) is 0 Å². The van der Waals surface area contributed by atoms with E-state index < -0.39 is 0 Å². The first-order chi connectivity index (χ1) is 8.00. The van der Waals surface area contributed by atoms with Crippen LogP contribution in [0.5, 0.6) is 0 Å². The molecule has 0 fully saturated rings. The minimum Gasteiger partial charge on any atom is -0.237 e. The Hall–Kier alpha value is -1.41.